The number of nitrogens with zero attached hydrogens (tertiary/aromatic N) is 1. The number of benzene rings is 2. The van der Waals surface area contributed by atoms with Gasteiger partial charge in [-0.3, -0.25) is 38.4 Å². The average molecular weight is 845 g/mol. The van der Waals surface area contributed by atoms with Gasteiger partial charge in [0.05, 0.1) is 25.3 Å². The van der Waals surface area contributed by atoms with Gasteiger partial charge in [-0.25, -0.2) is 0 Å². The lowest BCUT2D eigenvalue weighted by molar-refractivity contribution is -0.144. The number of Topliss-reactive ketones (excluding diaryl/α,β-unsaturated/α-hetero) is 2. The maximum absolute atomic E-state index is 14.6. The SMILES string of the molecule is CCCC(NC(=O)[C@@H]1C[C@@H](OCc2ccccc2)CN1C(=O)[C@H](CCCC(=O)CC(C)(C)C)NC(=O)C1CCCCC1)C(=O)C(=O)NCC(=O)N[C@H](C(N)=O)c1ccccc1. The van der Waals surface area contributed by atoms with Crippen molar-refractivity contribution in [3.8, 4) is 0 Å². The normalized spacial score (nSPS) is 18.3. The van der Waals surface area contributed by atoms with E-state index in [1.807, 2.05) is 51.1 Å². The number of ether oxygens (including phenoxy) is 1. The lowest BCUT2D eigenvalue weighted by Gasteiger charge is -2.31. The summed E-state index contributed by atoms with van der Waals surface area (Å²) in [6.45, 7) is 7.32. The molecular formula is C46H64N6O9. The molecule has 2 aromatic carbocycles. The van der Waals surface area contributed by atoms with Gasteiger partial charge >= 0.3 is 0 Å². The fourth-order valence-corrected chi connectivity index (χ4v) is 7.90. The van der Waals surface area contributed by atoms with E-state index in [4.69, 9.17) is 10.5 Å². The molecule has 15 heteroatoms. The molecule has 1 aliphatic heterocycles. The topological polar surface area (TPSA) is 223 Å². The zero-order valence-corrected chi connectivity index (χ0v) is 36.0. The second kappa shape index (κ2) is 23.5. The van der Waals surface area contributed by atoms with Crippen LogP contribution >= 0.6 is 0 Å². The van der Waals surface area contributed by atoms with Gasteiger partial charge in [0.1, 0.15) is 23.9 Å². The van der Waals surface area contributed by atoms with E-state index in [9.17, 15) is 38.4 Å². The molecule has 1 heterocycles. The summed E-state index contributed by atoms with van der Waals surface area (Å²) >= 11 is 0. The molecule has 0 radical (unpaired) electrons. The van der Waals surface area contributed by atoms with Crippen molar-refractivity contribution >= 4 is 47.0 Å². The molecule has 2 fully saturated rings. The van der Waals surface area contributed by atoms with Gasteiger partial charge < -0.3 is 36.6 Å². The maximum atomic E-state index is 14.6. The first-order chi connectivity index (χ1) is 29.1. The number of nitrogens with two attached hydrogens (primary N) is 1. The molecule has 6 N–H and O–H groups in total. The zero-order valence-electron chi connectivity index (χ0n) is 36.0. The highest BCUT2D eigenvalue weighted by Crippen LogP contribution is 2.27. The van der Waals surface area contributed by atoms with E-state index in [-0.39, 0.29) is 61.9 Å². The Labute approximate surface area is 359 Å². The van der Waals surface area contributed by atoms with Gasteiger partial charge in [0.2, 0.25) is 35.3 Å². The Morgan fingerprint density at radius 1 is 0.820 bits per heavy atom. The van der Waals surface area contributed by atoms with E-state index in [1.165, 1.54) is 4.90 Å². The van der Waals surface area contributed by atoms with Crippen molar-refractivity contribution in [3.63, 3.8) is 0 Å². The summed E-state index contributed by atoms with van der Waals surface area (Å²) in [5.41, 5.74) is 6.63. The standard InChI is InChI=1S/C46H64N6O9/c1-5-16-35(40(55)44(59)48-27-38(54)51-39(41(47)56)31-19-11-7-12-20-31)49-43(58)37-25-34(61-29-30-17-9-6-10-18-30)28-52(37)45(60)36(24-15-23-33(53)26-46(2,3)4)50-42(57)32-21-13-8-14-22-32/h6-7,9-12,17-20,32,34-37,39H,5,8,13-16,21-29H2,1-4H3,(H2,47,56)(H,48,59)(H,49,58)(H,50,57)(H,51,54)/t34-,35?,36+,37+,39+/m1/s1. The van der Waals surface area contributed by atoms with Crippen molar-refractivity contribution in [2.24, 2.45) is 17.1 Å². The van der Waals surface area contributed by atoms with E-state index in [0.29, 0.717) is 37.7 Å². The molecule has 1 saturated heterocycles. The van der Waals surface area contributed by atoms with Crippen LogP contribution in [0.1, 0.15) is 122 Å². The lowest BCUT2D eigenvalue weighted by atomic mass is 9.87. The third kappa shape index (κ3) is 15.5. The minimum atomic E-state index is -1.29. The number of likely N-dealkylation sites (tertiary alicyclic amines) is 1. The van der Waals surface area contributed by atoms with Crippen LogP contribution in [0.25, 0.3) is 0 Å². The number of ketones is 2. The molecule has 6 amide bonds. The van der Waals surface area contributed by atoms with Gasteiger partial charge in [0, 0.05) is 31.7 Å². The summed E-state index contributed by atoms with van der Waals surface area (Å²) in [5, 5.41) is 10.4. The van der Waals surface area contributed by atoms with Gasteiger partial charge in [-0.2, -0.15) is 0 Å². The van der Waals surface area contributed by atoms with Crippen molar-refractivity contribution in [2.75, 3.05) is 13.1 Å². The van der Waals surface area contributed by atoms with Crippen LogP contribution in [0.5, 0.6) is 0 Å². The van der Waals surface area contributed by atoms with Gasteiger partial charge in [-0.15, -0.1) is 0 Å². The number of hydrogen-bond acceptors (Lipinski definition) is 9. The van der Waals surface area contributed by atoms with Crippen LogP contribution in [0.2, 0.25) is 0 Å². The fraction of sp³-hybridized carbons (Fsp3) is 0.565. The minimum Gasteiger partial charge on any atom is -0.372 e. The Kier molecular flexibility index (Phi) is 18.6. The molecule has 2 aliphatic rings. The first-order valence-electron chi connectivity index (χ1n) is 21.6. The largest absolute Gasteiger partial charge is 0.372 e. The zero-order chi connectivity index (χ0) is 44.5. The van der Waals surface area contributed by atoms with Gasteiger partial charge in [0.25, 0.3) is 5.91 Å². The highest BCUT2D eigenvalue weighted by molar-refractivity contribution is 6.38. The van der Waals surface area contributed by atoms with Crippen LogP contribution in [-0.4, -0.2) is 89.2 Å². The second-order valence-electron chi connectivity index (χ2n) is 17.4. The van der Waals surface area contributed by atoms with Crippen LogP contribution in [0.15, 0.2) is 60.7 Å². The molecule has 332 valence electrons. The average Bonchev–Trinajstić information content (AvgIpc) is 3.67. The Balaban J connectivity index is 1.50. The van der Waals surface area contributed by atoms with Crippen LogP contribution < -0.4 is 27.0 Å². The van der Waals surface area contributed by atoms with Crippen LogP contribution in [0.4, 0.5) is 0 Å². The Hall–Kier alpha value is -5.44. The predicted octanol–water partition coefficient (Wildman–Crippen LogP) is 3.73. The molecule has 0 aromatic heterocycles. The number of primary amides is 1. The third-order valence-electron chi connectivity index (χ3n) is 11.0. The first-order valence-corrected chi connectivity index (χ1v) is 21.6. The first kappa shape index (κ1) is 48.2. The summed E-state index contributed by atoms with van der Waals surface area (Å²) in [7, 11) is 0. The van der Waals surface area contributed by atoms with Crippen LogP contribution in [-0.2, 0) is 49.7 Å². The molecule has 1 aliphatic carbocycles. The van der Waals surface area contributed by atoms with E-state index < -0.39 is 72.1 Å². The highest BCUT2D eigenvalue weighted by atomic mass is 16.5. The van der Waals surface area contributed by atoms with Crippen molar-refractivity contribution in [1.29, 1.82) is 0 Å². The molecule has 4 rings (SSSR count). The molecule has 1 unspecified atom stereocenters. The molecule has 5 atom stereocenters. The van der Waals surface area contributed by atoms with E-state index in [0.717, 1.165) is 24.8 Å². The van der Waals surface area contributed by atoms with Gasteiger partial charge in [-0.05, 0) is 48.6 Å². The minimum absolute atomic E-state index is 0.0276. The van der Waals surface area contributed by atoms with Crippen molar-refractivity contribution in [3.05, 3.63) is 71.8 Å². The van der Waals surface area contributed by atoms with Crippen molar-refractivity contribution in [1.82, 2.24) is 26.2 Å². The number of hydrogen-bond donors (Lipinski definition) is 5. The van der Waals surface area contributed by atoms with Crippen molar-refractivity contribution in [2.45, 2.75) is 142 Å². The molecule has 61 heavy (non-hydrogen) atoms. The lowest BCUT2D eigenvalue weighted by Crippen LogP contribution is -2.57. The Morgan fingerprint density at radius 2 is 1.46 bits per heavy atom. The van der Waals surface area contributed by atoms with Gasteiger partial charge in [0.15, 0.2) is 0 Å². The van der Waals surface area contributed by atoms with Crippen molar-refractivity contribution < 1.29 is 43.1 Å². The fourth-order valence-electron chi connectivity index (χ4n) is 7.90. The molecule has 15 nitrogen and oxygen atoms in total. The monoisotopic (exact) mass is 844 g/mol. The summed E-state index contributed by atoms with van der Waals surface area (Å²) < 4.78 is 6.22. The summed E-state index contributed by atoms with van der Waals surface area (Å²) in [6.07, 6.45) is 5.44. The van der Waals surface area contributed by atoms with Crippen LogP contribution in [0, 0.1) is 11.3 Å². The van der Waals surface area contributed by atoms with E-state index >= 15 is 0 Å². The Bertz CT molecular complexity index is 1830. The number of carbonyl (C=O) groups is 8. The number of nitrogens with one attached hydrogen (secondary N) is 4. The molecule has 2 aromatic rings. The summed E-state index contributed by atoms with van der Waals surface area (Å²) in [5.74, 6) is -5.29. The number of amides is 6. The maximum Gasteiger partial charge on any atom is 0.290 e. The summed E-state index contributed by atoms with van der Waals surface area (Å²) in [6, 6.07) is 13.1. The molecule has 1 saturated carbocycles. The van der Waals surface area contributed by atoms with E-state index in [1.54, 1.807) is 37.3 Å². The Morgan fingerprint density at radius 3 is 2.08 bits per heavy atom. The molecule has 0 bridgehead atoms. The van der Waals surface area contributed by atoms with E-state index in [2.05, 4.69) is 21.3 Å². The quantitative estimate of drug-likeness (QED) is 0.109. The molecule has 0 spiro atoms. The van der Waals surface area contributed by atoms with Crippen LogP contribution in [0.3, 0.4) is 0 Å². The second-order valence-corrected chi connectivity index (χ2v) is 17.4. The number of rotatable bonds is 22. The number of carbonyl (C=O) groups excluding carboxylic acids is 8. The summed E-state index contributed by atoms with van der Waals surface area (Å²) in [4.78, 5) is 108. The molecular weight excluding hydrogens is 781 g/mol. The predicted molar refractivity (Wildman–Crippen MR) is 228 cm³/mol. The van der Waals surface area contributed by atoms with Gasteiger partial charge in [-0.1, -0.05) is 114 Å². The smallest absolute Gasteiger partial charge is 0.290 e. The third-order valence-corrected chi connectivity index (χ3v) is 11.0. The highest BCUT2D eigenvalue weighted by Gasteiger charge is 2.44.